The molecule has 0 unspecified atom stereocenters. The van der Waals surface area contributed by atoms with Gasteiger partial charge in [-0.15, -0.1) is 0 Å². The minimum absolute atomic E-state index is 0.0630. The molecule has 0 bridgehead atoms. The number of benzene rings is 1. The maximum absolute atomic E-state index is 13.5. The Morgan fingerprint density at radius 2 is 2.00 bits per heavy atom. The summed E-state index contributed by atoms with van der Waals surface area (Å²) in [4.78, 5) is 19.2. The van der Waals surface area contributed by atoms with Gasteiger partial charge in [-0.25, -0.2) is 14.4 Å². The maximum Gasteiger partial charge on any atom is 0.259 e. The van der Waals surface area contributed by atoms with Gasteiger partial charge in [0, 0.05) is 11.8 Å². The van der Waals surface area contributed by atoms with E-state index in [4.69, 9.17) is 28.9 Å². The number of hydrogen-bond acceptors (Lipinski definition) is 4. The number of halogens is 3. The molecule has 98 valence electrons. The van der Waals surface area contributed by atoms with E-state index in [1.54, 1.807) is 0 Å². The van der Waals surface area contributed by atoms with E-state index in [9.17, 15) is 9.18 Å². The lowest BCUT2D eigenvalue weighted by atomic mass is 10.2. The van der Waals surface area contributed by atoms with Crippen LogP contribution >= 0.6 is 23.2 Å². The van der Waals surface area contributed by atoms with Crippen LogP contribution in [-0.4, -0.2) is 15.9 Å². The van der Waals surface area contributed by atoms with Gasteiger partial charge in [0.25, 0.3) is 5.91 Å². The monoisotopic (exact) mass is 300 g/mol. The number of carbonyl (C=O) groups is 1. The van der Waals surface area contributed by atoms with Crippen LogP contribution in [0.25, 0.3) is 0 Å². The van der Waals surface area contributed by atoms with Gasteiger partial charge in [0.05, 0.1) is 5.56 Å². The Kier molecular flexibility index (Phi) is 3.82. The number of hydrogen-bond donors (Lipinski definition) is 2. The van der Waals surface area contributed by atoms with Gasteiger partial charge in [-0.3, -0.25) is 4.79 Å². The number of anilines is 2. The van der Waals surface area contributed by atoms with Gasteiger partial charge < -0.3 is 11.1 Å². The molecule has 0 aliphatic heterocycles. The molecule has 0 aliphatic rings. The fourth-order valence-electron chi connectivity index (χ4n) is 1.35. The molecule has 1 amide bonds. The van der Waals surface area contributed by atoms with E-state index < -0.39 is 11.7 Å². The number of nitrogens with zero attached hydrogens (tertiary/aromatic N) is 2. The van der Waals surface area contributed by atoms with Gasteiger partial charge in [0.15, 0.2) is 0 Å². The number of nitrogens with one attached hydrogen (secondary N) is 1. The van der Waals surface area contributed by atoms with Gasteiger partial charge in [-0.05, 0) is 29.8 Å². The average Bonchev–Trinajstić information content (AvgIpc) is 2.26. The van der Waals surface area contributed by atoms with Crippen LogP contribution in [0, 0.1) is 5.82 Å². The molecule has 1 heterocycles. The standard InChI is InChI=1S/C11H7Cl2FN4O/c12-8-4-9(18-11(13)16-8)17-10(19)6-2-1-5(15)3-7(6)14/h1-4H,15H2,(H,16,17,18,19). The first-order valence-corrected chi connectivity index (χ1v) is 5.78. The third kappa shape index (κ3) is 3.30. The van der Waals surface area contributed by atoms with Crippen molar-refractivity contribution in [1.29, 1.82) is 0 Å². The van der Waals surface area contributed by atoms with E-state index in [1.165, 1.54) is 18.2 Å². The van der Waals surface area contributed by atoms with E-state index in [0.717, 1.165) is 6.07 Å². The van der Waals surface area contributed by atoms with Crippen molar-refractivity contribution in [3.05, 3.63) is 46.1 Å². The largest absolute Gasteiger partial charge is 0.399 e. The van der Waals surface area contributed by atoms with E-state index in [-0.39, 0.29) is 27.5 Å². The Balaban J connectivity index is 2.25. The third-order valence-electron chi connectivity index (χ3n) is 2.15. The summed E-state index contributed by atoms with van der Waals surface area (Å²) in [5, 5.41) is 2.30. The second-order valence-electron chi connectivity index (χ2n) is 3.54. The van der Waals surface area contributed by atoms with Crippen molar-refractivity contribution in [2.75, 3.05) is 11.1 Å². The molecular formula is C11H7Cl2FN4O. The lowest BCUT2D eigenvalue weighted by Gasteiger charge is -2.06. The molecular weight excluding hydrogens is 294 g/mol. The second kappa shape index (κ2) is 5.38. The Hall–Kier alpha value is -1.92. The zero-order valence-corrected chi connectivity index (χ0v) is 10.8. The Morgan fingerprint density at radius 3 is 2.63 bits per heavy atom. The summed E-state index contributed by atoms with van der Waals surface area (Å²) < 4.78 is 13.5. The summed E-state index contributed by atoms with van der Waals surface area (Å²) in [5.41, 5.74) is 5.45. The van der Waals surface area contributed by atoms with Crippen molar-refractivity contribution in [3.63, 3.8) is 0 Å². The highest BCUT2D eigenvalue weighted by molar-refractivity contribution is 6.32. The fraction of sp³-hybridized carbons (Fsp3) is 0. The molecule has 1 aromatic heterocycles. The Labute approximate surface area is 117 Å². The minimum atomic E-state index is -0.733. The predicted molar refractivity (Wildman–Crippen MR) is 70.8 cm³/mol. The number of nitrogens with two attached hydrogens (primary N) is 1. The van der Waals surface area contributed by atoms with Gasteiger partial charge in [0.1, 0.15) is 16.8 Å². The van der Waals surface area contributed by atoms with Crippen molar-refractivity contribution in [2.24, 2.45) is 0 Å². The van der Waals surface area contributed by atoms with Crippen LogP contribution in [0.5, 0.6) is 0 Å². The number of amides is 1. The molecule has 3 N–H and O–H groups in total. The van der Waals surface area contributed by atoms with Crippen molar-refractivity contribution in [1.82, 2.24) is 9.97 Å². The maximum atomic E-state index is 13.5. The average molecular weight is 301 g/mol. The van der Waals surface area contributed by atoms with Gasteiger partial charge in [0.2, 0.25) is 5.28 Å². The van der Waals surface area contributed by atoms with E-state index in [2.05, 4.69) is 15.3 Å². The zero-order valence-electron chi connectivity index (χ0n) is 9.32. The van der Waals surface area contributed by atoms with Crippen molar-refractivity contribution < 1.29 is 9.18 Å². The first-order valence-electron chi connectivity index (χ1n) is 5.02. The molecule has 0 atom stereocenters. The summed E-state index contributed by atoms with van der Waals surface area (Å²) in [6.45, 7) is 0. The number of nitrogen functional groups attached to an aromatic ring is 1. The molecule has 0 fully saturated rings. The molecule has 0 saturated carbocycles. The smallest absolute Gasteiger partial charge is 0.259 e. The molecule has 2 aromatic rings. The van der Waals surface area contributed by atoms with E-state index in [1.807, 2.05) is 0 Å². The van der Waals surface area contributed by atoms with Crippen LogP contribution in [-0.2, 0) is 0 Å². The molecule has 19 heavy (non-hydrogen) atoms. The van der Waals surface area contributed by atoms with Crippen LogP contribution in [0.2, 0.25) is 10.4 Å². The summed E-state index contributed by atoms with van der Waals surface area (Å²) >= 11 is 11.2. The molecule has 5 nitrogen and oxygen atoms in total. The third-order valence-corrected chi connectivity index (χ3v) is 2.51. The summed E-state index contributed by atoms with van der Waals surface area (Å²) in [5.74, 6) is -1.35. The van der Waals surface area contributed by atoms with Gasteiger partial charge in [-0.1, -0.05) is 11.6 Å². The minimum Gasteiger partial charge on any atom is -0.399 e. The number of aromatic nitrogens is 2. The highest BCUT2D eigenvalue weighted by Crippen LogP contribution is 2.17. The molecule has 8 heteroatoms. The van der Waals surface area contributed by atoms with Crippen LogP contribution in [0.4, 0.5) is 15.9 Å². The SMILES string of the molecule is Nc1ccc(C(=O)Nc2cc(Cl)nc(Cl)n2)c(F)c1. The normalized spacial score (nSPS) is 10.3. The molecule has 2 rings (SSSR count). The quantitative estimate of drug-likeness (QED) is 0.508. The Bertz CT molecular complexity index is 630. The second-order valence-corrected chi connectivity index (χ2v) is 4.26. The van der Waals surface area contributed by atoms with Gasteiger partial charge in [-0.2, -0.15) is 0 Å². The van der Waals surface area contributed by atoms with Crippen LogP contribution in [0.3, 0.4) is 0 Å². The van der Waals surface area contributed by atoms with Crippen LogP contribution in [0.15, 0.2) is 24.3 Å². The summed E-state index contributed by atoms with van der Waals surface area (Å²) in [6.07, 6.45) is 0. The lowest BCUT2D eigenvalue weighted by molar-refractivity contribution is 0.102. The first-order chi connectivity index (χ1) is 8.95. The summed E-state index contributed by atoms with van der Waals surface area (Å²) in [7, 11) is 0. The molecule has 1 aromatic carbocycles. The van der Waals surface area contributed by atoms with Crippen molar-refractivity contribution >= 4 is 40.6 Å². The number of rotatable bonds is 2. The molecule has 0 saturated heterocycles. The lowest BCUT2D eigenvalue weighted by Crippen LogP contribution is -2.15. The van der Waals surface area contributed by atoms with Crippen molar-refractivity contribution in [2.45, 2.75) is 0 Å². The molecule has 0 spiro atoms. The topological polar surface area (TPSA) is 80.9 Å². The first kappa shape index (κ1) is 13.5. The van der Waals surface area contributed by atoms with E-state index in [0.29, 0.717) is 0 Å². The fourth-order valence-corrected chi connectivity index (χ4v) is 1.76. The number of carbonyl (C=O) groups excluding carboxylic acids is 1. The molecule has 0 radical (unpaired) electrons. The molecule has 0 aliphatic carbocycles. The summed E-state index contributed by atoms with van der Waals surface area (Å²) in [6, 6.07) is 5.03. The van der Waals surface area contributed by atoms with Crippen LogP contribution in [0.1, 0.15) is 10.4 Å². The highest BCUT2D eigenvalue weighted by Gasteiger charge is 2.13. The van der Waals surface area contributed by atoms with Crippen LogP contribution < -0.4 is 11.1 Å². The van der Waals surface area contributed by atoms with E-state index >= 15 is 0 Å². The predicted octanol–water partition coefficient (Wildman–Crippen LogP) is 2.76. The van der Waals surface area contributed by atoms with Gasteiger partial charge >= 0.3 is 0 Å². The Morgan fingerprint density at radius 1 is 1.26 bits per heavy atom. The zero-order chi connectivity index (χ0) is 14.0. The van der Waals surface area contributed by atoms with Crippen molar-refractivity contribution in [3.8, 4) is 0 Å². The highest BCUT2D eigenvalue weighted by atomic mass is 35.5.